The van der Waals surface area contributed by atoms with E-state index in [0.29, 0.717) is 33.6 Å². The van der Waals surface area contributed by atoms with Crippen molar-refractivity contribution in [2.45, 2.75) is 10.1 Å². The fraction of sp³-hybridized carbons (Fsp3) is 0.0938. The van der Waals surface area contributed by atoms with E-state index in [2.05, 4.69) is 15.6 Å². The molecule has 4 aromatic carbocycles. The molecule has 0 aliphatic rings. The van der Waals surface area contributed by atoms with Crippen LogP contribution in [0, 0.1) is 5.82 Å². The number of rotatable bonds is 10. The molecule has 0 radical (unpaired) electrons. The predicted molar refractivity (Wildman–Crippen MR) is 165 cm³/mol. The van der Waals surface area contributed by atoms with Gasteiger partial charge < -0.3 is 20.1 Å². The minimum atomic E-state index is -0.559. The number of halogens is 1. The molecule has 5 rings (SSSR count). The Morgan fingerprint density at radius 1 is 0.857 bits per heavy atom. The smallest absolute Gasteiger partial charge is 0.255 e. The van der Waals surface area contributed by atoms with Gasteiger partial charge >= 0.3 is 0 Å². The average molecular weight is 600 g/mol. The maximum Gasteiger partial charge on any atom is 0.255 e. The Labute approximate surface area is 250 Å². The number of nitrogens with one attached hydrogen (secondary N) is 2. The van der Waals surface area contributed by atoms with Gasteiger partial charge in [0.15, 0.2) is 16.6 Å². The summed E-state index contributed by atoms with van der Waals surface area (Å²) in [4.78, 5) is 31.7. The molecule has 42 heavy (non-hydrogen) atoms. The summed E-state index contributed by atoms with van der Waals surface area (Å²) >= 11 is 2.69. The summed E-state index contributed by atoms with van der Waals surface area (Å²) in [6.45, 7) is 0. The van der Waals surface area contributed by atoms with Crippen molar-refractivity contribution in [2.75, 3.05) is 24.9 Å². The van der Waals surface area contributed by atoms with Gasteiger partial charge in [-0.1, -0.05) is 30.3 Å². The Balaban J connectivity index is 1.28. The molecule has 1 heterocycles. The maximum absolute atomic E-state index is 13.5. The lowest BCUT2D eigenvalue weighted by Crippen LogP contribution is -2.19. The topological polar surface area (TPSA) is 89.5 Å². The second-order valence-corrected chi connectivity index (χ2v) is 11.0. The van der Waals surface area contributed by atoms with Crippen LogP contribution in [0.2, 0.25) is 0 Å². The van der Waals surface area contributed by atoms with E-state index in [1.165, 1.54) is 49.5 Å². The van der Waals surface area contributed by atoms with Crippen molar-refractivity contribution in [1.82, 2.24) is 4.98 Å². The van der Waals surface area contributed by atoms with Crippen LogP contribution in [0.4, 0.5) is 15.2 Å². The number of nitrogens with zero attached hydrogens (tertiary/aromatic N) is 1. The van der Waals surface area contributed by atoms with E-state index in [9.17, 15) is 14.0 Å². The van der Waals surface area contributed by atoms with Crippen molar-refractivity contribution in [3.63, 3.8) is 0 Å². The molecule has 7 nitrogen and oxygen atoms in total. The summed E-state index contributed by atoms with van der Waals surface area (Å²) in [5.74, 6) is 0.166. The highest BCUT2D eigenvalue weighted by Crippen LogP contribution is 2.37. The molecule has 0 bridgehead atoms. The molecular weight excluding hydrogens is 574 g/mol. The molecule has 2 N–H and O–H groups in total. The zero-order valence-corrected chi connectivity index (χ0v) is 24.3. The van der Waals surface area contributed by atoms with Gasteiger partial charge in [-0.15, -0.1) is 23.1 Å². The van der Waals surface area contributed by atoms with Gasteiger partial charge in [0.05, 0.1) is 19.9 Å². The Morgan fingerprint density at radius 3 is 2.26 bits per heavy atom. The fourth-order valence-corrected chi connectivity index (χ4v) is 5.84. The summed E-state index contributed by atoms with van der Waals surface area (Å²) < 4.78 is 23.8. The molecule has 5 aromatic rings. The Hall–Kier alpha value is -4.67. The number of thioether (sulfide) groups is 1. The number of hydrogen-bond acceptors (Lipinski definition) is 7. The third-order valence-electron chi connectivity index (χ3n) is 6.23. The van der Waals surface area contributed by atoms with E-state index >= 15 is 0 Å². The molecule has 2 amide bonds. The Bertz CT molecular complexity index is 1680. The summed E-state index contributed by atoms with van der Waals surface area (Å²) in [5.41, 5.74) is 3.29. The first-order chi connectivity index (χ1) is 20.4. The molecule has 0 fully saturated rings. The first-order valence-electron chi connectivity index (χ1n) is 12.8. The first-order valence-corrected chi connectivity index (χ1v) is 14.6. The number of thiazole rings is 1. The van der Waals surface area contributed by atoms with Gasteiger partial charge in [-0.3, -0.25) is 9.59 Å². The van der Waals surface area contributed by atoms with Gasteiger partial charge in [0, 0.05) is 27.1 Å². The first kappa shape index (κ1) is 28.8. The number of aromatic nitrogens is 1. The van der Waals surface area contributed by atoms with Crippen molar-refractivity contribution in [3.05, 3.63) is 119 Å². The number of methoxy groups -OCH3 is 2. The largest absolute Gasteiger partial charge is 0.493 e. The van der Waals surface area contributed by atoms with Crippen LogP contribution in [0.3, 0.4) is 0 Å². The number of anilines is 2. The number of benzene rings is 4. The van der Waals surface area contributed by atoms with E-state index in [-0.39, 0.29) is 17.6 Å². The second kappa shape index (κ2) is 13.3. The zero-order chi connectivity index (χ0) is 29.5. The molecule has 1 aromatic heterocycles. The van der Waals surface area contributed by atoms with Gasteiger partial charge in [0.1, 0.15) is 11.1 Å². The number of ether oxygens (including phenoxy) is 2. The third-order valence-corrected chi connectivity index (χ3v) is 8.25. The van der Waals surface area contributed by atoms with Crippen LogP contribution in [-0.4, -0.2) is 31.0 Å². The van der Waals surface area contributed by atoms with Crippen molar-refractivity contribution in [2.24, 2.45) is 0 Å². The van der Waals surface area contributed by atoms with E-state index in [1.54, 1.807) is 42.5 Å². The average Bonchev–Trinajstić information content (AvgIpc) is 3.49. The lowest BCUT2D eigenvalue weighted by atomic mass is 10.1. The van der Waals surface area contributed by atoms with Gasteiger partial charge in [-0.25, -0.2) is 9.37 Å². The number of carbonyl (C=O) groups is 2. The SMILES string of the molecule is COc1ccc(C(=O)Nc2ccc(SC(C(=O)Nc3nc(-c4ccc(F)cc4)cs3)c3ccccc3)cc2)cc1OC. The van der Waals surface area contributed by atoms with Crippen LogP contribution < -0.4 is 20.1 Å². The van der Waals surface area contributed by atoms with Crippen molar-refractivity contribution in [1.29, 1.82) is 0 Å². The highest BCUT2D eigenvalue weighted by molar-refractivity contribution is 8.00. The lowest BCUT2D eigenvalue weighted by molar-refractivity contribution is -0.115. The van der Waals surface area contributed by atoms with Crippen LogP contribution in [0.1, 0.15) is 21.2 Å². The van der Waals surface area contributed by atoms with Crippen LogP contribution in [0.5, 0.6) is 11.5 Å². The Morgan fingerprint density at radius 2 is 1.57 bits per heavy atom. The van der Waals surface area contributed by atoms with Crippen LogP contribution in [-0.2, 0) is 4.79 Å². The highest BCUT2D eigenvalue weighted by atomic mass is 32.2. The molecule has 212 valence electrons. The fourth-order valence-electron chi connectivity index (χ4n) is 4.09. The molecule has 1 unspecified atom stereocenters. The van der Waals surface area contributed by atoms with Crippen LogP contribution >= 0.6 is 23.1 Å². The van der Waals surface area contributed by atoms with Gasteiger partial charge in [0.25, 0.3) is 5.91 Å². The molecule has 0 aliphatic heterocycles. The maximum atomic E-state index is 13.5. The van der Waals surface area contributed by atoms with E-state index in [1.807, 2.05) is 47.8 Å². The molecule has 1 atom stereocenters. The second-order valence-electron chi connectivity index (χ2n) is 8.99. The Kier molecular flexibility index (Phi) is 9.15. The zero-order valence-electron chi connectivity index (χ0n) is 22.7. The quantitative estimate of drug-likeness (QED) is 0.160. The van der Waals surface area contributed by atoms with Gasteiger partial charge in [0.2, 0.25) is 5.91 Å². The lowest BCUT2D eigenvalue weighted by Gasteiger charge is -2.16. The summed E-state index contributed by atoms with van der Waals surface area (Å²) in [7, 11) is 3.05. The van der Waals surface area contributed by atoms with E-state index in [4.69, 9.17) is 9.47 Å². The van der Waals surface area contributed by atoms with Crippen molar-refractivity contribution >= 4 is 45.7 Å². The predicted octanol–water partition coefficient (Wildman–Crippen LogP) is 7.69. The molecule has 0 saturated heterocycles. The van der Waals surface area contributed by atoms with Gasteiger partial charge in [-0.05, 0) is 72.3 Å². The molecule has 0 saturated carbocycles. The standard InChI is InChI=1S/C32H26FN3O4S2/c1-39-27-17-10-22(18-28(27)40-2)30(37)34-24-13-15-25(16-14-24)42-29(21-6-4-3-5-7-21)31(38)36-32-35-26(19-41-32)20-8-11-23(33)12-9-20/h3-19,29H,1-2H3,(H,34,37)(H,35,36,38). The number of carbonyl (C=O) groups excluding carboxylic acids is 2. The van der Waals surface area contributed by atoms with Crippen molar-refractivity contribution in [3.8, 4) is 22.8 Å². The minimum absolute atomic E-state index is 0.225. The number of amides is 2. The summed E-state index contributed by atoms with van der Waals surface area (Å²) in [5, 5.41) is 7.53. The normalized spacial score (nSPS) is 11.4. The summed E-state index contributed by atoms with van der Waals surface area (Å²) in [6.07, 6.45) is 0. The third kappa shape index (κ3) is 6.96. The van der Waals surface area contributed by atoms with E-state index in [0.717, 1.165) is 16.0 Å². The van der Waals surface area contributed by atoms with Crippen molar-refractivity contribution < 1.29 is 23.5 Å². The van der Waals surface area contributed by atoms with Gasteiger partial charge in [-0.2, -0.15) is 0 Å². The highest BCUT2D eigenvalue weighted by Gasteiger charge is 2.23. The van der Waals surface area contributed by atoms with Crippen LogP contribution in [0.25, 0.3) is 11.3 Å². The van der Waals surface area contributed by atoms with Crippen LogP contribution in [0.15, 0.2) is 107 Å². The van der Waals surface area contributed by atoms with E-state index < -0.39 is 5.25 Å². The molecule has 0 aliphatic carbocycles. The number of hydrogen-bond donors (Lipinski definition) is 2. The monoisotopic (exact) mass is 599 g/mol. The molecular formula is C32H26FN3O4S2. The molecule has 0 spiro atoms. The summed E-state index contributed by atoms with van der Waals surface area (Å²) in [6, 6.07) is 27.8. The molecule has 10 heteroatoms. The minimum Gasteiger partial charge on any atom is -0.493 e.